The molecule has 1 unspecified atom stereocenters. The van der Waals surface area contributed by atoms with Crippen LogP contribution < -0.4 is 0 Å². The fraction of sp³-hybridized carbons (Fsp3) is 0.875. The SMILES string of the molecule is CC(C)(C)OC(=O)CC(O)C(F)(F)F. The van der Waals surface area contributed by atoms with Crippen molar-refractivity contribution >= 4 is 5.97 Å². The first-order chi connectivity index (χ1) is 6.02. The largest absolute Gasteiger partial charge is 0.460 e. The van der Waals surface area contributed by atoms with Crippen LogP contribution in [0.4, 0.5) is 13.2 Å². The fourth-order valence-corrected chi connectivity index (χ4v) is 0.657. The molecule has 0 aromatic rings. The van der Waals surface area contributed by atoms with Crippen LogP contribution in [0.2, 0.25) is 0 Å². The van der Waals surface area contributed by atoms with Crippen LogP contribution in [0.1, 0.15) is 27.2 Å². The van der Waals surface area contributed by atoms with Crippen molar-refractivity contribution in [2.24, 2.45) is 0 Å². The Morgan fingerprint density at radius 3 is 2.07 bits per heavy atom. The average Bonchev–Trinajstić information content (AvgIpc) is 1.79. The Hall–Kier alpha value is -0.780. The molecule has 3 nitrogen and oxygen atoms in total. The van der Waals surface area contributed by atoms with Gasteiger partial charge >= 0.3 is 12.1 Å². The minimum Gasteiger partial charge on any atom is -0.460 e. The molecule has 0 aromatic carbocycles. The first-order valence-corrected chi connectivity index (χ1v) is 3.99. The summed E-state index contributed by atoms with van der Waals surface area (Å²) in [6.07, 6.45) is -8.50. The molecule has 0 saturated carbocycles. The lowest BCUT2D eigenvalue weighted by Crippen LogP contribution is -2.33. The summed E-state index contributed by atoms with van der Waals surface area (Å²) >= 11 is 0. The molecular weight excluding hydrogens is 201 g/mol. The van der Waals surface area contributed by atoms with Crippen LogP contribution in [0, 0.1) is 0 Å². The Kier molecular flexibility index (Phi) is 3.93. The zero-order chi connectivity index (χ0) is 11.6. The zero-order valence-corrected chi connectivity index (χ0v) is 8.18. The molecule has 1 N–H and O–H groups in total. The number of hydrogen-bond acceptors (Lipinski definition) is 3. The van der Waals surface area contributed by atoms with E-state index >= 15 is 0 Å². The highest BCUT2D eigenvalue weighted by Gasteiger charge is 2.40. The van der Waals surface area contributed by atoms with Crippen LogP contribution in [-0.4, -0.2) is 29.0 Å². The van der Waals surface area contributed by atoms with E-state index in [4.69, 9.17) is 5.11 Å². The number of hydrogen-bond donors (Lipinski definition) is 1. The van der Waals surface area contributed by atoms with Crippen LogP contribution in [-0.2, 0) is 9.53 Å². The molecule has 0 radical (unpaired) electrons. The number of carbonyl (C=O) groups excluding carboxylic acids is 1. The molecule has 0 aliphatic rings. The Morgan fingerprint density at radius 2 is 1.79 bits per heavy atom. The van der Waals surface area contributed by atoms with Crippen molar-refractivity contribution in [3.63, 3.8) is 0 Å². The van der Waals surface area contributed by atoms with Gasteiger partial charge in [0.2, 0.25) is 0 Å². The molecule has 1 atom stereocenters. The van der Waals surface area contributed by atoms with Gasteiger partial charge in [-0.05, 0) is 20.8 Å². The third kappa shape index (κ3) is 5.80. The molecule has 0 spiro atoms. The van der Waals surface area contributed by atoms with Gasteiger partial charge in [0, 0.05) is 0 Å². The topological polar surface area (TPSA) is 46.5 Å². The Morgan fingerprint density at radius 1 is 1.36 bits per heavy atom. The van der Waals surface area contributed by atoms with Crippen molar-refractivity contribution in [2.45, 2.75) is 45.1 Å². The number of rotatable bonds is 2. The van der Waals surface area contributed by atoms with Gasteiger partial charge < -0.3 is 9.84 Å². The molecule has 6 heteroatoms. The average molecular weight is 214 g/mol. The maximum atomic E-state index is 11.8. The molecule has 0 heterocycles. The normalized spacial score (nSPS) is 15.1. The van der Waals surface area contributed by atoms with Gasteiger partial charge in [0.25, 0.3) is 0 Å². The third-order valence-corrected chi connectivity index (χ3v) is 1.16. The van der Waals surface area contributed by atoms with Crippen LogP contribution in [0.5, 0.6) is 0 Å². The van der Waals surface area contributed by atoms with Gasteiger partial charge in [-0.2, -0.15) is 13.2 Å². The lowest BCUT2D eigenvalue weighted by molar-refractivity contribution is -0.211. The van der Waals surface area contributed by atoms with E-state index in [2.05, 4.69) is 4.74 Å². The summed E-state index contributed by atoms with van der Waals surface area (Å²) in [5, 5.41) is 8.53. The van der Waals surface area contributed by atoms with Crippen molar-refractivity contribution in [1.82, 2.24) is 0 Å². The van der Waals surface area contributed by atoms with Crippen molar-refractivity contribution < 1.29 is 27.8 Å². The number of aliphatic hydroxyl groups excluding tert-OH is 1. The number of esters is 1. The monoisotopic (exact) mass is 214 g/mol. The summed E-state index contributed by atoms with van der Waals surface area (Å²) < 4.78 is 40.0. The van der Waals surface area contributed by atoms with Crippen LogP contribution in [0.3, 0.4) is 0 Å². The molecule has 0 bridgehead atoms. The highest BCUT2D eigenvalue weighted by molar-refractivity contribution is 5.70. The highest BCUT2D eigenvalue weighted by atomic mass is 19.4. The summed E-state index contributed by atoms with van der Waals surface area (Å²) in [5.74, 6) is -1.07. The van der Waals surface area contributed by atoms with Crippen LogP contribution in [0.25, 0.3) is 0 Å². The number of alkyl halides is 3. The molecule has 0 amide bonds. The van der Waals surface area contributed by atoms with Crippen molar-refractivity contribution in [3.05, 3.63) is 0 Å². The number of halogens is 3. The minimum atomic E-state index is -4.78. The smallest absolute Gasteiger partial charge is 0.414 e. The lowest BCUT2D eigenvalue weighted by Gasteiger charge is -2.21. The van der Waals surface area contributed by atoms with Crippen molar-refractivity contribution in [2.75, 3.05) is 0 Å². The summed E-state index contributed by atoms with van der Waals surface area (Å²) in [6.45, 7) is 4.60. The van der Waals surface area contributed by atoms with Gasteiger partial charge in [-0.1, -0.05) is 0 Å². The first kappa shape index (κ1) is 13.2. The quantitative estimate of drug-likeness (QED) is 0.711. The standard InChI is InChI=1S/C8H13F3O3/c1-7(2,3)14-6(13)4-5(12)8(9,10)11/h5,12H,4H2,1-3H3. The van der Waals surface area contributed by atoms with E-state index in [9.17, 15) is 18.0 Å². The number of carbonyl (C=O) groups is 1. The maximum absolute atomic E-state index is 11.8. The van der Waals surface area contributed by atoms with E-state index < -0.39 is 30.3 Å². The zero-order valence-electron chi connectivity index (χ0n) is 8.18. The molecule has 14 heavy (non-hydrogen) atoms. The molecule has 0 aromatic heterocycles. The Bertz CT molecular complexity index is 205. The van der Waals surface area contributed by atoms with E-state index in [0.717, 1.165) is 0 Å². The van der Waals surface area contributed by atoms with Gasteiger partial charge in [0.05, 0.1) is 6.42 Å². The van der Waals surface area contributed by atoms with E-state index in [-0.39, 0.29) is 0 Å². The molecule has 84 valence electrons. The van der Waals surface area contributed by atoms with E-state index in [1.165, 1.54) is 20.8 Å². The van der Waals surface area contributed by atoms with Crippen molar-refractivity contribution in [1.29, 1.82) is 0 Å². The second-order valence-corrected chi connectivity index (χ2v) is 3.85. The van der Waals surface area contributed by atoms with Crippen LogP contribution in [0.15, 0.2) is 0 Å². The highest BCUT2D eigenvalue weighted by Crippen LogP contribution is 2.23. The lowest BCUT2D eigenvalue weighted by atomic mass is 10.2. The van der Waals surface area contributed by atoms with Crippen molar-refractivity contribution in [3.8, 4) is 0 Å². The van der Waals surface area contributed by atoms with E-state index in [0.29, 0.717) is 0 Å². The van der Waals surface area contributed by atoms with E-state index in [1.807, 2.05) is 0 Å². The predicted octanol–water partition coefficient (Wildman–Crippen LogP) is 1.64. The van der Waals surface area contributed by atoms with Gasteiger partial charge in [-0.25, -0.2) is 0 Å². The first-order valence-electron chi connectivity index (χ1n) is 3.99. The fourth-order valence-electron chi connectivity index (χ4n) is 0.657. The van der Waals surface area contributed by atoms with Gasteiger partial charge in [0.15, 0.2) is 6.10 Å². The van der Waals surface area contributed by atoms with E-state index in [1.54, 1.807) is 0 Å². The Labute approximate surface area is 79.9 Å². The minimum absolute atomic E-state index is 0.845. The second-order valence-electron chi connectivity index (χ2n) is 3.85. The number of aliphatic hydroxyl groups is 1. The molecule has 0 rings (SSSR count). The van der Waals surface area contributed by atoms with Crippen LogP contribution >= 0.6 is 0 Å². The summed E-state index contributed by atoms with van der Waals surface area (Å²) in [6, 6.07) is 0. The Balaban J connectivity index is 4.09. The molecule has 0 saturated heterocycles. The summed E-state index contributed by atoms with van der Waals surface area (Å²) in [4.78, 5) is 10.8. The molecule has 0 aliphatic carbocycles. The molecule has 0 aliphatic heterocycles. The summed E-state index contributed by atoms with van der Waals surface area (Å²) in [5.41, 5.74) is -0.845. The predicted molar refractivity (Wildman–Crippen MR) is 42.5 cm³/mol. The molecule has 0 fully saturated rings. The number of ether oxygens (including phenoxy) is 1. The third-order valence-electron chi connectivity index (χ3n) is 1.16. The van der Waals surface area contributed by atoms with Gasteiger partial charge in [-0.15, -0.1) is 0 Å². The molecular formula is C8H13F3O3. The second kappa shape index (κ2) is 4.16. The maximum Gasteiger partial charge on any atom is 0.414 e. The van der Waals surface area contributed by atoms with Gasteiger partial charge in [0.1, 0.15) is 5.60 Å². The summed E-state index contributed by atoms with van der Waals surface area (Å²) in [7, 11) is 0. The van der Waals surface area contributed by atoms with Gasteiger partial charge in [-0.3, -0.25) is 4.79 Å².